The van der Waals surface area contributed by atoms with Gasteiger partial charge in [0.1, 0.15) is 4.84 Å². The summed E-state index contributed by atoms with van der Waals surface area (Å²) in [5.41, 5.74) is 0. The molecule has 1 aromatic carbocycles. The van der Waals surface area contributed by atoms with E-state index in [9.17, 15) is 0 Å². The minimum atomic E-state index is -0.395. The summed E-state index contributed by atoms with van der Waals surface area (Å²) in [6, 6.07) is 10.5. The molecule has 0 saturated carbocycles. The molecule has 0 aliphatic heterocycles. The van der Waals surface area contributed by atoms with Crippen molar-refractivity contribution in [2.45, 2.75) is 23.7 Å². The van der Waals surface area contributed by atoms with Crippen molar-refractivity contribution >= 4 is 37.9 Å². The number of hydrogen-bond acceptors (Lipinski definition) is 0. The third kappa shape index (κ3) is 3.33. The Hall–Kier alpha value is 0.0169. The van der Waals surface area contributed by atoms with Crippen molar-refractivity contribution in [2.75, 3.05) is 0 Å². The SMILES string of the molecule is CC(C)([SiH2]c1ccccc1)C(Cl)Cl. The predicted molar refractivity (Wildman–Crippen MR) is 64.2 cm³/mol. The van der Waals surface area contributed by atoms with Gasteiger partial charge in [-0.15, -0.1) is 23.2 Å². The van der Waals surface area contributed by atoms with Gasteiger partial charge in [-0.1, -0.05) is 49.4 Å². The van der Waals surface area contributed by atoms with E-state index in [2.05, 4.69) is 38.1 Å². The van der Waals surface area contributed by atoms with E-state index in [0.29, 0.717) is 0 Å². The maximum absolute atomic E-state index is 5.92. The van der Waals surface area contributed by atoms with Crippen molar-refractivity contribution in [3.8, 4) is 0 Å². The first-order valence-corrected chi connectivity index (χ1v) is 6.63. The van der Waals surface area contributed by atoms with Crippen LogP contribution >= 0.6 is 23.2 Å². The number of alkyl halides is 2. The van der Waals surface area contributed by atoms with Crippen molar-refractivity contribution in [1.29, 1.82) is 0 Å². The monoisotopic (exact) mass is 232 g/mol. The highest BCUT2D eigenvalue weighted by atomic mass is 35.5. The zero-order chi connectivity index (χ0) is 9.90. The fraction of sp³-hybridized carbons (Fsp3) is 0.400. The van der Waals surface area contributed by atoms with Gasteiger partial charge in [-0.2, -0.15) is 0 Å². The molecule has 1 rings (SSSR count). The van der Waals surface area contributed by atoms with Gasteiger partial charge in [-0.25, -0.2) is 0 Å². The second kappa shape index (κ2) is 4.49. The van der Waals surface area contributed by atoms with Crippen molar-refractivity contribution in [3.63, 3.8) is 0 Å². The minimum absolute atomic E-state index is 0.0739. The normalized spacial score (nSPS) is 13.0. The number of benzene rings is 1. The summed E-state index contributed by atoms with van der Waals surface area (Å²) in [5, 5.41) is 1.49. The minimum Gasteiger partial charge on any atom is -0.105 e. The molecule has 3 heteroatoms. The van der Waals surface area contributed by atoms with Crippen molar-refractivity contribution < 1.29 is 0 Å². The zero-order valence-electron chi connectivity index (χ0n) is 7.93. The van der Waals surface area contributed by atoms with Crippen molar-refractivity contribution in [1.82, 2.24) is 0 Å². The molecule has 0 fully saturated rings. The Balaban J connectivity index is 2.69. The Morgan fingerprint density at radius 2 is 1.69 bits per heavy atom. The molecule has 13 heavy (non-hydrogen) atoms. The average molecular weight is 233 g/mol. The molecular formula is C10H14Cl2Si. The Labute approximate surface area is 92.1 Å². The molecule has 0 radical (unpaired) electrons. The molecule has 0 heterocycles. The maximum atomic E-state index is 5.92. The molecule has 0 aliphatic rings. The van der Waals surface area contributed by atoms with Gasteiger partial charge in [-0.05, 0) is 5.04 Å². The van der Waals surface area contributed by atoms with Crippen LogP contribution in [0.25, 0.3) is 0 Å². The number of hydrogen-bond donors (Lipinski definition) is 0. The van der Waals surface area contributed by atoms with Crippen LogP contribution in [-0.4, -0.2) is 14.4 Å². The molecule has 0 bridgehead atoms. The average Bonchev–Trinajstić information content (AvgIpc) is 2.05. The van der Waals surface area contributed by atoms with Crippen LogP contribution in [0, 0.1) is 0 Å². The molecule has 0 spiro atoms. The van der Waals surface area contributed by atoms with Gasteiger partial charge in [0.25, 0.3) is 0 Å². The first-order valence-electron chi connectivity index (χ1n) is 4.34. The van der Waals surface area contributed by atoms with E-state index in [1.165, 1.54) is 5.19 Å². The van der Waals surface area contributed by atoms with Gasteiger partial charge in [0.15, 0.2) is 0 Å². The first-order chi connectivity index (χ1) is 6.02. The molecule has 0 atom stereocenters. The van der Waals surface area contributed by atoms with E-state index in [-0.39, 0.29) is 9.87 Å². The molecule has 1 aromatic rings. The van der Waals surface area contributed by atoms with E-state index in [1.807, 2.05) is 6.07 Å². The first kappa shape index (κ1) is 11.1. The molecule has 0 N–H and O–H groups in total. The lowest BCUT2D eigenvalue weighted by molar-refractivity contribution is 0.731. The zero-order valence-corrected chi connectivity index (χ0v) is 10.9. The van der Waals surface area contributed by atoms with Crippen LogP contribution in [0.5, 0.6) is 0 Å². The van der Waals surface area contributed by atoms with Crippen LogP contribution in [-0.2, 0) is 0 Å². The van der Waals surface area contributed by atoms with E-state index in [4.69, 9.17) is 23.2 Å². The summed E-state index contributed by atoms with van der Waals surface area (Å²) in [7, 11) is -0.395. The Bertz CT molecular complexity index is 257. The topological polar surface area (TPSA) is 0 Å². The summed E-state index contributed by atoms with van der Waals surface area (Å²) in [5.74, 6) is 0. The van der Waals surface area contributed by atoms with Crippen LogP contribution in [0.4, 0.5) is 0 Å². The highest BCUT2D eigenvalue weighted by Crippen LogP contribution is 2.34. The standard InChI is InChI=1S/C10H14Cl2Si/c1-10(2,9(11)12)13-8-6-4-3-5-7-8/h3-7,9H,13H2,1-2H3. The molecule has 72 valence electrons. The quantitative estimate of drug-likeness (QED) is 0.555. The second-order valence-electron chi connectivity index (χ2n) is 3.95. The van der Waals surface area contributed by atoms with Gasteiger partial charge in [0.05, 0.1) is 9.52 Å². The molecule has 0 aromatic heterocycles. The lowest BCUT2D eigenvalue weighted by Gasteiger charge is -2.25. The molecule has 0 aliphatic carbocycles. The van der Waals surface area contributed by atoms with Gasteiger partial charge < -0.3 is 0 Å². The van der Waals surface area contributed by atoms with Crippen LogP contribution in [0.3, 0.4) is 0 Å². The molecule has 0 unspecified atom stereocenters. The fourth-order valence-corrected chi connectivity index (χ4v) is 3.38. The molecule has 0 saturated heterocycles. The van der Waals surface area contributed by atoms with Gasteiger partial charge in [0.2, 0.25) is 0 Å². The van der Waals surface area contributed by atoms with Crippen LogP contribution < -0.4 is 5.19 Å². The number of rotatable bonds is 3. The molecular weight excluding hydrogens is 219 g/mol. The van der Waals surface area contributed by atoms with Gasteiger partial charge in [-0.3, -0.25) is 0 Å². The Kier molecular flexibility index (Phi) is 3.83. The molecule has 0 nitrogen and oxygen atoms in total. The Morgan fingerprint density at radius 1 is 1.15 bits per heavy atom. The van der Waals surface area contributed by atoms with Crippen molar-refractivity contribution in [3.05, 3.63) is 30.3 Å². The van der Waals surface area contributed by atoms with E-state index >= 15 is 0 Å². The Morgan fingerprint density at radius 3 is 2.15 bits per heavy atom. The number of halogens is 2. The van der Waals surface area contributed by atoms with E-state index in [0.717, 1.165) is 0 Å². The van der Waals surface area contributed by atoms with Crippen LogP contribution in [0.2, 0.25) is 5.04 Å². The predicted octanol–water partition coefficient (Wildman–Crippen LogP) is 2.48. The van der Waals surface area contributed by atoms with Gasteiger partial charge >= 0.3 is 0 Å². The highest BCUT2D eigenvalue weighted by molar-refractivity contribution is 6.61. The van der Waals surface area contributed by atoms with Crippen LogP contribution in [0.1, 0.15) is 13.8 Å². The summed E-state index contributed by atoms with van der Waals surface area (Å²) in [6.45, 7) is 4.27. The van der Waals surface area contributed by atoms with Gasteiger partial charge in [0, 0.05) is 0 Å². The summed E-state index contributed by atoms with van der Waals surface area (Å²) in [6.07, 6.45) is 0. The summed E-state index contributed by atoms with van der Waals surface area (Å²) < 4.78 is 0. The van der Waals surface area contributed by atoms with E-state index in [1.54, 1.807) is 0 Å². The maximum Gasteiger partial charge on any atom is 0.110 e. The fourth-order valence-electron chi connectivity index (χ4n) is 1.20. The largest absolute Gasteiger partial charge is 0.110 e. The summed E-state index contributed by atoms with van der Waals surface area (Å²) in [4.78, 5) is -0.264. The second-order valence-corrected chi connectivity index (χ2v) is 8.04. The van der Waals surface area contributed by atoms with Crippen LogP contribution in [0.15, 0.2) is 30.3 Å². The van der Waals surface area contributed by atoms with E-state index < -0.39 is 9.52 Å². The third-order valence-corrected chi connectivity index (χ3v) is 5.99. The van der Waals surface area contributed by atoms with Crippen molar-refractivity contribution in [2.24, 2.45) is 0 Å². The lowest BCUT2D eigenvalue weighted by atomic mass is 10.2. The highest BCUT2D eigenvalue weighted by Gasteiger charge is 2.26. The summed E-state index contributed by atoms with van der Waals surface area (Å²) >= 11 is 11.8. The smallest absolute Gasteiger partial charge is 0.105 e. The third-order valence-electron chi connectivity index (χ3n) is 2.09. The lowest BCUT2D eigenvalue weighted by Crippen LogP contribution is -2.29. The molecule has 0 amide bonds.